The van der Waals surface area contributed by atoms with Crippen molar-refractivity contribution < 1.29 is 9.53 Å². The predicted octanol–water partition coefficient (Wildman–Crippen LogP) is 2.57. The summed E-state index contributed by atoms with van der Waals surface area (Å²) in [6, 6.07) is 1.84. The average molecular weight is 389 g/mol. The maximum atomic E-state index is 12.7. The highest BCUT2D eigenvalue weighted by atomic mass is 79.9. The highest BCUT2D eigenvalue weighted by Crippen LogP contribution is 2.30. The van der Waals surface area contributed by atoms with Crippen molar-refractivity contribution in [1.82, 2.24) is 9.88 Å². The van der Waals surface area contributed by atoms with Gasteiger partial charge in [0.25, 0.3) is 0 Å². The third kappa shape index (κ3) is 3.55. The van der Waals surface area contributed by atoms with Gasteiger partial charge in [-0.1, -0.05) is 11.6 Å². The maximum Gasteiger partial charge on any atom is 0.227 e. The zero-order valence-electron chi connectivity index (χ0n) is 12.3. The molecule has 0 bridgehead atoms. The van der Waals surface area contributed by atoms with Crippen LogP contribution in [0.4, 0.5) is 5.82 Å². The Hall–Kier alpha value is -0.850. The summed E-state index contributed by atoms with van der Waals surface area (Å²) in [4.78, 5) is 21.1. The lowest BCUT2D eigenvalue weighted by atomic mass is 9.96. The van der Waals surface area contributed by atoms with E-state index in [4.69, 9.17) is 16.3 Å². The van der Waals surface area contributed by atoms with Gasteiger partial charge in [-0.05, 0) is 34.8 Å². The number of aromatic nitrogens is 1. The van der Waals surface area contributed by atoms with E-state index >= 15 is 0 Å². The van der Waals surface area contributed by atoms with Gasteiger partial charge in [0, 0.05) is 36.8 Å². The van der Waals surface area contributed by atoms with E-state index in [0.717, 1.165) is 29.7 Å². The number of rotatable bonds is 2. The number of hydrogen-bond donors (Lipinski definition) is 0. The highest BCUT2D eigenvalue weighted by molar-refractivity contribution is 9.10. The van der Waals surface area contributed by atoms with Crippen molar-refractivity contribution >= 4 is 39.3 Å². The summed E-state index contributed by atoms with van der Waals surface area (Å²) in [5.74, 6) is 1.03. The quantitative estimate of drug-likeness (QED) is 0.781. The molecule has 2 aliphatic rings. The van der Waals surface area contributed by atoms with Gasteiger partial charge in [0.05, 0.1) is 24.2 Å². The second-order valence-corrected chi connectivity index (χ2v) is 7.00. The number of piperidine rings is 1. The van der Waals surface area contributed by atoms with Crippen molar-refractivity contribution in [2.45, 2.75) is 12.8 Å². The van der Waals surface area contributed by atoms with Crippen LogP contribution in [0.25, 0.3) is 0 Å². The van der Waals surface area contributed by atoms with E-state index in [1.54, 1.807) is 6.20 Å². The predicted molar refractivity (Wildman–Crippen MR) is 89.3 cm³/mol. The van der Waals surface area contributed by atoms with Crippen molar-refractivity contribution in [2.75, 3.05) is 44.3 Å². The standard InChI is InChI=1S/C15H19BrClN3O2/c16-12-8-13(17)14(18-9-12)20-3-1-2-11(10-20)15(21)19-4-6-22-7-5-19/h8-9,11H,1-7,10H2. The molecule has 1 unspecified atom stereocenters. The lowest BCUT2D eigenvalue weighted by Gasteiger charge is -2.37. The smallest absolute Gasteiger partial charge is 0.227 e. The summed E-state index contributed by atoms with van der Waals surface area (Å²) in [5.41, 5.74) is 0. The molecule has 120 valence electrons. The Morgan fingerprint density at radius 3 is 2.86 bits per heavy atom. The van der Waals surface area contributed by atoms with Crippen LogP contribution < -0.4 is 4.90 Å². The van der Waals surface area contributed by atoms with Crippen LogP contribution in [0.3, 0.4) is 0 Å². The van der Waals surface area contributed by atoms with Crippen LogP contribution in [-0.4, -0.2) is 55.2 Å². The van der Waals surface area contributed by atoms with Gasteiger partial charge in [0.15, 0.2) is 0 Å². The molecule has 5 nitrogen and oxygen atoms in total. The third-order valence-electron chi connectivity index (χ3n) is 4.18. The lowest BCUT2D eigenvalue weighted by Crippen LogP contribution is -2.48. The molecule has 1 aromatic rings. The number of hydrogen-bond acceptors (Lipinski definition) is 4. The van der Waals surface area contributed by atoms with Gasteiger partial charge in [0.1, 0.15) is 5.82 Å². The number of halogens is 2. The van der Waals surface area contributed by atoms with Gasteiger partial charge in [-0.25, -0.2) is 4.98 Å². The van der Waals surface area contributed by atoms with Crippen LogP contribution in [0.5, 0.6) is 0 Å². The van der Waals surface area contributed by atoms with Crippen LogP contribution in [0, 0.1) is 5.92 Å². The van der Waals surface area contributed by atoms with E-state index in [0.29, 0.717) is 37.9 Å². The van der Waals surface area contributed by atoms with Crippen molar-refractivity contribution in [2.24, 2.45) is 5.92 Å². The summed E-state index contributed by atoms with van der Waals surface area (Å²) in [6.07, 6.45) is 3.66. The van der Waals surface area contributed by atoms with E-state index in [1.165, 1.54) is 0 Å². The number of ether oxygens (including phenoxy) is 1. The van der Waals surface area contributed by atoms with E-state index in [2.05, 4.69) is 25.8 Å². The van der Waals surface area contributed by atoms with Gasteiger partial charge in [-0.2, -0.15) is 0 Å². The first-order valence-corrected chi connectivity index (χ1v) is 8.75. The summed E-state index contributed by atoms with van der Waals surface area (Å²) in [6.45, 7) is 4.26. The molecule has 22 heavy (non-hydrogen) atoms. The van der Waals surface area contributed by atoms with Crippen LogP contribution >= 0.6 is 27.5 Å². The molecule has 0 radical (unpaired) electrons. The molecule has 0 spiro atoms. The van der Waals surface area contributed by atoms with Gasteiger partial charge in [0.2, 0.25) is 5.91 Å². The van der Waals surface area contributed by atoms with E-state index in [-0.39, 0.29) is 11.8 Å². The number of carbonyl (C=O) groups excluding carboxylic acids is 1. The Bertz CT molecular complexity index is 552. The second kappa shape index (κ2) is 7.15. The fourth-order valence-corrected chi connectivity index (χ4v) is 3.80. The summed E-state index contributed by atoms with van der Waals surface area (Å²) in [7, 11) is 0. The molecule has 2 saturated heterocycles. The molecule has 0 aliphatic carbocycles. The highest BCUT2D eigenvalue weighted by Gasteiger charge is 2.31. The first-order valence-electron chi connectivity index (χ1n) is 7.57. The summed E-state index contributed by atoms with van der Waals surface area (Å²) < 4.78 is 6.18. The van der Waals surface area contributed by atoms with E-state index < -0.39 is 0 Å². The minimum Gasteiger partial charge on any atom is -0.378 e. The zero-order chi connectivity index (χ0) is 15.5. The molecule has 2 fully saturated rings. The molecular weight excluding hydrogens is 370 g/mol. The monoisotopic (exact) mass is 387 g/mol. The van der Waals surface area contributed by atoms with Crippen molar-refractivity contribution in [3.05, 3.63) is 21.8 Å². The Labute approximate surface area is 143 Å². The summed E-state index contributed by atoms with van der Waals surface area (Å²) >= 11 is 9.66. The van der Waals surface area contributed by atoms with Crippen LogP contribution in [-0.2, 0) is 9.53 Å². The Morgan fingerprint density at radius 2 is 2.14 bits per heavy atom. The molecule has 3 rings (SSSR count). The van der Waals surface area contributed by atoms with Gasteiger partial charge < -0.3 is 14.5 Å². The molecule has 0 N–H and O–H groups in total. The molecular formula is C15H19BrClN3O2. The minimum atomic E-state index is 0.0216. The van der Waals surface area contributed by atoms with Gasteiger partial charge in [-0.3, -0.25) is 4.79 Å². The second-order valence-electron chi connectivity index (χ2n) is 5.68. The SMILES string of the molecule is O=C(C1CCCN(c2ncc(Br)cc2Cl)C1)N1CCOCC1. The van der Waals surface area contributed by atoms with Crippen LogP contribution in [0.2, 0.25) is 5.02 Å². The molecule has 2 aliphatic heterocycles. The number of anilines is 1. The summed E-state index contributed by atoms with van der Waals surface area (Å²) in [5, 5.41) is 0.619. The molecule has 1 atom stereocenters. The van der Waals surface area contributed by atoms with Crippen LogP contribution in [0.15, 0.2) is 16.7 Å². The fraction of sp³-hybridized carbons (Fsp3) is 0.600. The molecule has 7 heteroatoms. The first kappa shape index (κ1) is 16.0. The number of carbonyl (C=O) groups is 1. The Morgan fingerprint density at radius 1 is 1.36 bits per heavy atom. The van der Waals surface area contributed by atoms with Gasteiger partial charge >= 0.3 is 0 Å². The van der Waals surface area contributed by atoms with E-state index in [1.807, 2.05) is 11.0 Å². The van der Waals surface area contributed by atoms with E-state index in [9.17, 15) is 4.79 Å². The number of morpholine rings is 1. The third-order valence-corrected chi connectivity index (χ3v) is 4.89. The van der Waals surface area contributed by atoms with Crippen molar-refractivity contribution in [1.29, 1.82) is 0 Å². The Balaban J connectivity index is 1.69. The van der Waals surface area contributed by atoms with Crippen LogP contribution in [0.1, 0.15) is 12.8 Å². The topological polar surface area (TPSA) is 45.7 Å². The number of amides is 1. The molecule has 0 saturated carbocycles. The average Bonchev–Trinajstić information content (AvgIpc) is 2.55. The lowest BCUT2D eigenvalue weighted by molar-refractivity contribution is -0.139. The maximum absolute atomic E-state index is 12.7. The molecule has 3 heterocycles. The minimum absolute atomic E-state index is 0.0216. The first-order chi connectivity index (χ1) is 10.6. The zero-order valence-corrected chi connectivity index (χ0v) is 14.6. The number of pyridine rings is 1. The molecule has 0 aromatic carbocycles. The Kier molecular flexibility index (Phi) is 5.21. The van der Waals surface area contributed by atoms with Crippen molar-refractivity contribution in [3.63, 3.8) is 0 Å². The van der Waals surface area contributed by atoms with Crippen molar-refractivity contribution in [3.8, 4) is 0 Å². The fourth-order valence-electron chi connectivity index (χ4n) is 3.05. The van der Waals surface area contributed by atoms with Gasteiger partial charge in [-0.15, -0.1) is 0 Å². The number of nitrogens with zero attached hydrogens (tertiary/aromatic N) is 3. The largest absolute Gasteiger partial charge is 0.378 e. The normalized spacial score (nSPS) is 22.7. The molecule has 1 aromatic heterocycles. The molecule has 1 amide bonds.